The first-order valence-corrected chi connectivity index (χ1v) is 9.53. The highest BCUT2D eigenvalue weighted by Gasteiger charge is 2.21. The van der Waals surface area contributed by atoms with E-state index in [4.69, 9.17) is 14.6 Å². The second-order valence-corrected chi connectivity index (χ2v) is 7.54. The van der Waals surface area contributed by atoms with Gasteiger partial charge in [-0.1, -0.05) is 6.07 Å². The zero-order chi connectivity index (χ0) is 19.3. The summed E-state index contributed by atoms with van der Waals surface area (Å²) in [5.74, 6) is 0.0414. The molecule has 0 aliphatic rings. The molecule has 8 nitrogen and oxygen atoms in total. The number of hydrogen-bond donors (Lipinski definition) is 3. The van der Waals surface area contributed by atoms with E-state index >= 15 is 0 Å². The van der Waals surface area contributed by atoms with Crippen molar-refractivity contribution in [2.45, 2.75) is 4.90 Å². The second kappa shape index (κ2) is 8.39. The number of carbonyl (C=O) groups is 1. The van der Waals surface area contributed by atoms with Crippen LogP contribution in [0.2, 0.25) is 0 Å². The molecule has 0 saturated heterocycles. The molecule has 140 valence electrons. The predicted octanol–water partition coefficient (Wildman–Crippen LogP) is 2.20. The topological polar surface area (TPSA) is 114 Å². The predicted molar refractivity (Wildman–Crippen MR) is 100 cm³/mol. The molecule has 3 N–H and O–H groups in total. The molecule has 0 aliphatic carbocycles. The van der Waals surface area contributed by atoms with Gasteiger partial charge in [-0.15, -0.1) is 0 Å². The largest absolute Gasteiger partial charge is 0.493 e. The van der Waals surface area contributed by atoms with Crippen molar-refractivity contribution in [2.75, 3.05) is 30.9 Å². The molecular weight excluding hydrogens is 428 g/mol. The Kier molecular flexibility index (Phi) is 6.46. The summed E-state index contributed by atoms with van der Waals surface area (Å²) in [6, 6.07) is 8.92. The number of anilines is 2. The van der Waals surface area contributed by atoms with Gasteiger partial charge in [-0.2, -0.15) is 0 Å². The highest BCUT2D eigenvalue weighted by Crippen LogP contribution is 2.36. The lowest BCUT2D eigenvalue weighted by Gasteiger charge is -2.14. The molecule has 2 aromatic rings. The van der Waals surface area contributed by atoms with Gasteiger partial charge in [0.05, 0.1) is 19.9 Å². The number of methoxy groups -OCH3 is 2. The minimum absolute atomic E-state index is 0.0417. The van der Waals surface area contributed by atoms with Crippen LogP contribution in [0.5, 0.6) is 11.5 Å². The van der Waals surface area contributed by atoms with E-state index in [0.717, 1.165) is 0 Å². The van der Waals surface area contributed by atoms with Gasteiger partial charge in [0.2, 0.25) is 5.91 Å². The molecular formula is C16H17BrN2O6S. The third kappa shape index (κ3) is 4.65. The van der Waals surface area contributed by atoms with Crippen LogP contribution in [0.25, 0.3) is 0 Å². The van der Waals surface area contributed by atoms with Crippen molar-refractivity contribution in [3.05, 3.63) is 40.9 Å². The van der Waals surface area contributed by atoms with Crippen molar-refractivity contribution >= 4 is 43.2 Å². The fraction of sp³-hybridized carbons (Fsp3) is 0.188. The quantitative estimate of drug-likeness (QED) is 0.602. The highest BCUT2D eigenvalue weighted by molar-refractivity contribution is 9.10. The van der Waals surface area contributed by atoms with Crippen molar-refractivity contribution in [1.82, 2.24) is 0 Å². The number of sulfonamides is 1. The van der Waals surface area contributed by atoms with Gasteiger partial charge in [0, 0.05) is 16.2 Å². The van der Waals surface area contributed by atoms with Crippen LogP contribution in [0.15, 0.2) is 45.8 Å². The molecule has 0 spiro atoms. The standard InChI is InChI=1S/C16H17BrN2O6S/c1-24-13-7-12(17)15(8-14(13)25-2)26(22,23)19-11-5-3-4-10(6-11)18-16(21)9-20/h3-8,19-20H,9H2,1-2H3,(H,18,21). The number of benzene rings is 2. The van der Waals surface area contributed by atoms with Crippen LogP contribution >= 0.6 is 15.9 Å². The minimum atomic E-state index is -3.95. The van der Waals surface area contributed by atoms with E-state index in [1.54, 1.807) is 12.1 Å². The molecule has 0 saturated carbocycles. The summed E-state index contributed by atoms with van der Waals surface area (Å²) in [6.45, 7) is -0.672. The summed E-state index contributed by atoms with van der Waals surface area (Å²) in [5, 5.41) is 11.2. The molecule has 0 atom stereocenters. The lowest BCUT2D eigenvalue weighted by molar-refractivity contribution is -0.118. The van der Waals surface area contributed by atoms with Gasteiger partial charge in [0.1, 0.15) is 11.5 Å². The van der Waals surface area contributed by atoms with Crippen molar-refractivity contribution < 1.29 is 27.8 Å². The molecule has 2 rings (SSSR count). The molecule has 2 aromatic carbocycles. The Morgan fingerprint density at radius 1 is 1.12 bits per heavy atom. The fourth-order valence-electron chi connectivity index (χ4n) is 2.11. The number of carbonyl (C=O) groups excluding carboxylic acids is 1. The molecule has 0 aliphatic heterocycles. The summed E-state index contributed by atoms with van der Waals surface area (Å²) in [4.78, 5) is 11.2. The van der Waals surface area contributed by atoms with Gasteiger partial charge >= 0.3 is 0 Å². The van der Waals surface area contributed by atoms with Gasteiger partial charge in [0.15, 0.2) is 11.5 Å². The first-order valence-electron chi connectivity index (χ1n) is 7.26. The molecule has 0 fully saturated rings. The van der Waals surface area contributed by atoms with Crippen molar-refractivity contribution in [2.24, 2.45) is 0 Å². The molecule has 0 radical (unpaired) electrons. The zero-order valence-corrected chi connectivity index (χ0v) is 16.3. The molecule has 0 unspecified atom stereocenters. The van der Waals surface area contributed by atoms with Crippen LogP contribution in [-0.4, -0.2) is 40.3 Å². The smallest absolute Gasteiger partial charge is 0.263 e. The normalized spacial score (nSPS) is 10.9. The summed E-state index contributed by atoms with van der Waals surface area (Å²) in [5.41, 5.74) is 0.582. The first kappa shape index (κ1) is 20.0. The first-order chi connectivity index (χ1) is 12.3. The van der Waals surface area contributed by atoms with Crippen LogP contribution in [0.3, 0.4) is 0 Å². The maximum absolute atomic E-state index is 12.7. The van der Waals surface area contributed by atoms with Gasteiger partial charge in [-0.05, 0) is 40.2 Å². The molecule has 0 bridgehead atoms. The lowest BCUT2D eigenvalue weighted by atomic mass is 10.3. The van der Waals surface area contributed by atoms with Crippen molar-refractivity contribution in [3.8, 4) is 11.5 Å². The number of nitrogens with one attached hydrogen (secondary N) is 2. The maximum Gasteiger partial charge on any atom is 0.263 e. The Morgan fingerprint density at radius 2 is 1.73 bits per heavy atom. The van der Waals surface area contributed by atoms with E-state index in [1.165, 1.54) is 38.5 Å². The molecule has 26 heavy (non-hydrogen) atoms. The van der Waals surface area contributed by atoms with E-state index in [-0.39, 0.29) is 16.3 Å². The summed E-state index contributed by atoms with van der Waals surface area (Å²) >= 11 is 3.22. The molecule has 0 heterocycles. The monoisotopic (exact) mass is 444 g/mol. The average molecular weight is 445 g/mol. The van der Waals surface area contributed by atoms with E-state index in [9.17, 15) is 13.2 Å². The van der Waals surface area contributed by atoms with Gasteiger partial charge in [-0.25, -0.2) is 8.42 Å². The van der Waals surface area contributed by atoms with Crippen LogP contribution in [-0.2, 0) is 14.8 Å². The maximum atomic E-state index is 12.7. The SMILES string of the molecule is COc1cc(Br)c(S(=O)(=O)Nc2cccc(NC(=O)CO)c2)cc1OC. The Balaban J connectivity index is 2.35. The van der Waals surface area contributed by atoms with Crippen LogP contribution in [0.4, 0.5) is 11.4 Å². The Morgan fingerprint density at radius 3 is 2.35 bits per heavy atom. The number of halogens is 1. The number of ether oxygens (including phenoxy) is 2. The summed E-state index contributed by atoms with van der Waals surface area (Å²) in [6.07, 6.45) is 0. The third-order valence-corrected chi connectivity index (χ3v) is 5.61. The van der Waals surface area contributed by atoms with Crippen LogP contribution < -0.4 is 19.5 Å². The van der Waals surface area contributed by atoms with Gasteiger partial charge in [-0.3, -0.25) is 9.52 Å². The number of rotatable bonds is 7. The van der Waals surface area contributed by atoms with Crippen molar-refractivity contribution in [3.63, 3.8) is 0 Å². The minimum Gasteiger partial charge on any atom is -0.493 e. The van der Waals surface area contributed by atoms with E-state index in [1.807, 2.05) is 0 Å². The highest BCUT2D eigenvalue weighted by atomic mass is 79.9. The number of amides is 1. The number of aliphatic hydroxyl groups is 1. The fourth-order valence-corrected chi connectivity index (χ4v) is 4.20. The van der Waals surface area contributed by atoms with Crippen LogP contribution in [0.1, 0.15) is 0 Å². The van der Waals surface area contributed by atoms with Crippen molar-refractivity contribution in [1.29, 1.82) is 0 Å². The number of hydrogen-bond acceptors (Lipinski definition) is 6. The third-order valence-electron chi connectivity index (χ3n) is 3.27. The Bertz CT molecular complexity index is 917. The second-order valence-electron chi connectivity index (χ2n) is 5.03. The Labute approximate surface area is 159 Å². The number of aliphatic hydroxyl groups excluding tert-OH is 1. The zero-order valence-electron chi connectivity index (χ0n) is 13.9. The van der Waals surface area contributed by atoms with Gasteiger partial charge in [0.25, 0.3) is 10.0 Å². The van der Waals surface area contributed by atoms with Crippen LogP contribution in [0, 0.1) is 0 Å². The van der Waals surface area contributed by atoms with E-state index in [2.05, 4.69) is 26.0 Å². The van der Waals surface area contributed by atoms with Gasteiger partial charge < -0.3 is 19.9 Å². The summed E-state index contributed by atoms with van der Waals surface area (Å²) in [7, 11) is -1.09. The Hall–Kier alpha value is -2.30. The lowest BCUT2D eigenvalue weighted by Crippen LogP contribution is -2.16. The average Bonchev–Trinajstić information content (AvgIpc) is 2.60. The van der Waals surface area contributed by atoms with E-state index in [0.29, 0.717) is 15.9 Å². The molecule has 1 amide bonds. The molecule has 0 aromatic heterocycles. The van der Waals surface area contributed by atoms with E-state index < -0.39 is 22.5 Å². The molecule has 10 heteroatoms. The summed E-state index contributed by atoms with van der Waals surface area (Å²) < 4.78 is 38.4.